The summed E-state index contributed by atoms with van der Waals surface area (Å²) in [6, 6.07) is 2.33. The van der Waals surface area contributed by atoms with Crippen LogP contribution in [0.1, 0.15) is 18.3 Å². The van der Waals surface area contributed by atoms with Crippen molar-refractivity contribution >= 4 is 0 Å². The molecule has 1 aromatic heterocycles. The average molecular weight is 210 g/mol. The number of rotatable bonds is 5. The lowest BCUT2D eigenvalue weighted by Crippen LogP contribution is -2.35. The van der Waals surface area contributed by atoms with Crippen LogP contribution in [0.15, 0.2) is 6.07 Å². The van der Waals surface area contributed by atoms with Gasteiger partial charge >= 0.3 is 0 Å². The van der Waals surface area contributed by atoms with Gasteiger partial charge in [0.05, 0.1) is 5.69 Å². The number of nitrogens with two attached hydrogens (primary N) is 1. The SMILES string of the molecule is CCc1cc(CC(N)CN(C)C)n(C)n1. The van der Waals surface area contributed by atoms with Gasteiger partial charge in [0.15, 0.2) is 0 Å². The number of aryl methyl sites for hydroxylation is 2. The Hall–Kier alpha value is -0.870. The second kappa shape index (κ2) is 5.28. The minimum Gasteiger partial charge on any atom is -0.326 e. The highest BCUT2D eigenvalue weighted by Crippen LogP contribution is 2.06. The molecular weight excluding hydrogens is 188 g/mol. The van der Waals surface area contributed by atoms with Crippen LogP contribution in [0.3, 0.4) is 0 Å². The van der Waals surface area contributed by atoms with E-state index in [1.165, 1.54) is 5.69 Å². The first-order valence-electron chi connectivity index (χ1n) is 5.45. The Bertz CT molecular complexity index is 304. The van der Waals surface area contributed by atoms with Crippen molar-refractivity contribution in [1.29, 1.82) is 0 Å². The molecule has 0 aliphatic heterocycles. The summed E-state index contributed by atoms with van der Waals surface area (Å²) in [6.07, 6.45) is 1.87. The fourth-order valence-electron chi connectivity index (χ4n) is 1.74. The van der Waals surface area contributed by atoms with Crippen molar-refractivity contribution in [3.8, 4) is 0 Å². The predicted octanol–water partition coefficient (Wildman–Crippen LogP) is 0.414. The standard InChI is InChI=1S/C11H22N4/c1-5-10-7-11(15(4)13-10)6-9(12)8-14(2)3/h7,9H,5-6,8,12H2,1-4H3. The predicted molar refractivity (Wildman–Crippen MR) is 62.8 cm³/mol. The first-order valence-corrected chi connectivity index (χ1v) is 5.45. The van der Waals surface area contributed by atoms with Crippen molar-refractivity contribution < 1.29 is 0 Å². The first kappa shape index (κ1) is 12.2. The van der Waals surface area contributed by atoms with Gasteiger partial charge in [-0.1, -0.05) is 6.92 Å². The largest absolute Gasteiger partial charge is 0.326 e. The Balaban J connectivity index is 2.59. The van der Waals surface area contributed by atoms with Gasteiger partial charge in [0.25, 0.3) is 0 Å². The Morgan fingerprint density at radius 2 is 2.20 bits per heavy atom. The third-order valence-corrected chi connectivity index (χ3v) is 2.46. The minimum atomic E-state index is 0.181. The second-order valence-corrected chi connectivity index (χ2v) is 4.33. The van der Waals surface area contributed by atoms with Crippen LogP contribution in [-0.2, 0) is 19.9 Å². The molecule has 1 rings (SSSR count). The van der Waals surface area contributed by atoms with Gasteiger partial charge in [0.2, 0.25) is 0 Å². The molecule has 0 aromatic carbocycles. The Kier molecular flexibility index (Phi) is 4.29. The van der Waals surface area contributed by atoms with E-state index in [9.17, 15) is 0 Å². The van der Waals surface area contributed by atoms with E-state index in [-0.39, 0.29) is 6.04 Å². The third kappa shape index (κ3) is 3.64. The lowest BCUT2D eigenvalue weighted by Gasteiger charge is -2.16. The molecule has 0 spiro atoms. The van der Waals surface area contributed by atoms with E-state index in [0.29, 0.717) is 0 Å². The number of aromatic nitrogens is 2. The summed E-state index contributed by atoms with van der Waals surface area (Å²) in [5, 5.41) is 4.41. The zero-order valence-electron chi connectivity index (χ0n) is 10.2. The second-order valence-electron chi connectivity index (χ2n) is 4.33. The molecule has 1 heterocycles. The van der Waals surface area contributed by atoms with E-state index in [2.05, 4.69) is 23.0 Å². The maximum Gasteiger partial charge on any atom is 0.0624 e. The summed E-state index contributed by atoms with van der Waals surface area (Å²) in [7, 11) is 6.07. The van der Waals surface area contributed by atoms with Crippen LogP contribution in [0.25, 0.3) is 0 Å². The van der Waals surface area contributed by atoms with Crippen LogP contribution >= 0.6 is 0 Å². The lowest BCUT2D eigenvalue weighted by molar-refractivity contribution is 0.368. The van der Waals surface area contributed by atoms with Crippen LogP contribution in [-0.4, -0.2) is 41.4 Å². The molecule has 4 nitrogen and oxygen atoms in total. The fraction of sp³-hybridized carbons (Fsp3) is 0.727. The van der Waals surface area contributed by atoms with Crippen LogP contribution in [0.5, 0.6) is 0 Å². The number of hydrogen-bond donors (Lipinski definition) is 1. The lowest BCUT2D eigenvalue weighted by atomic mass is 10.1. The average Bonchev–Trinajstić information content (AvgIpc) is 2.46. The highest BCUT2D eigenvalue weighted by molar-refractivity contribution is 5.11. The topological polar surface area (TPSA) is 47.1 Å². The van der Waals surface area contributed by atoms with Gasteiger partial charge < -0.3 is 10.6 Å². The monoisotopic (exact) mass is 210 g/mol. The molecule has 0 amide bonds. The molecular formula is C11H22N4. The van der Waals surface area contributed by atoms with Crippen LogP contribution in [0.2, 0.25) is 0 Å². The zero-order valence-corrected chi connectivity index (χ0v) is 10.2. The first-order chi connectivity index (χ1) is 7.02. The van der Waals surface area contributed by atoms with E-state index in [1.807, 2.05) is 25.8 Å². The molecule has 0 aliphatic carbocycles. The molecule has 0 aliphatic rings. The zero-order chi connectivity index (χ0) is 11.4. The smallest absolute Gasteiger partial charge is 0.0624 e. The number of nitrogens with zero attached hydrogens (tertiary/aromatic N) is 3. The van der Waals surface area contributed by atoms with Gasteiger partial charge in [0, 0.05) is 31.7 Å². The molecule has 1 aromatic rings. The van der Waals surface area contributed by atoms with Gasteiger partial charge in [-0.25, -0.2) is 0 Å². The van der Waals surface area contributed by atoms with Crippen molar-refractivity contribution in [2.75, 3.05) is 20.6 Å². The van der Waals surface area contributed by atoms with E-state index in [1.54, 1.807) is 0 Å². The Morgan fingerprint density at radius 3 is 2.67 bits per heavy atom. The van der Waals surface area contributed by atoms with E-state index < -0.39 is 0 Å². The molecule has 4 heteroatoms. The van der Waals surface area contributed by atoms with Crippen molar-refractivity contribution in [1.82, 2.24) is 14.7 Å². The van der Waals surface area contributed by atoms with Crippen molar-refractivity contribution in [3.63, 3.8) is 0 Å². The van der Waals surface area contributed by atoms with Crippen molar-refractivity contribution in [2.45, 2.75) is 25.8 Å². The molecule has 1 unspecified atom stereocenters. The van der Waals surface area contributed by atoms with E-state index in [0.717, 1.165) is 25.1 Å². The van der Waals surface area contributed by atoms with E-state index >= 15 is 0 Å². The minimum absolute atomic E-state index is 0.181. The molecule has 2 N–H and O–H groups in total. The molecule has 86 valence electrons. The summed E-state index contributed by atoms with van der Waals surface area (Å²) < 4.78 is 1.94. The van der Waals surface area contributed by atoms with Crippen molar-refractivity contribution in [3.05, 3.63) is 17.5 Å². The Labute approximate surface area is 92.1 Å². The van der Waals surface area contributed by atoms with Gasteiger partial charge in [-0.2, -0.15) is 5.10 Å². The third-order valence-electron chi connectivity index (χ3n) is 2.46. The quantitative estimate of drug-likeness (QED) is 0.766. The molecule has 0 saturated carbocycles. The number of likely N-dealkylation sites (N-methyl/N-ethyl adjacent to an activating group) is 1. The van der Waals surface area contributed by atoms with Gasteiger partial charge in [-0.3, -0.25) is 4.68 Å². The summed E-state index contributed by atoms with van der Waals surface area (Å²) in [4.78, 5) is 2.11. The van der Waals surface area contributed by atoms with Crippen LogP contribution < -0.4 is 5.73 Å². The molecule has 1 atom stereocenters. The van der Waals surface area contributed by atoms with Gasteiger partial charge in [-0.15, -0.1) is 0 Å². The molecule has 0 bridgehead atoms. The molecule has 0 saturated heterocycles. The summed E-state index contributed by atoms with van der Waals surface area (Å²) >= 11 is 0. The maximum atomic E-state index is 6.04. The molecule has 15 heavy (non-hydrogen) atoms. The highest BCUT2D eigenvalue weighted by Gasteiger charge is 2.09. The van der Waals surface area contributed by atoms with E-state index in [4.69, 9.17) is 5.73 Å². The summed E-state index contributed by atoms with van der Waals surface area (Å²) in [5.74, 6) is 0. The number of hydrogen-bond acceptors (Lipinski definition) is 3. The Morgan fingerprint density at radius 1 is 1.53 bits per heavy atom. The van der Waals surface area contributed by atoms with Gasteiger partial charge in [-0.05, 0) is 26.6 Å². The maximum absolute atomic E-state index is 6.04. The molecule has 0 fully saturated rings. The van der Waals surface area contributed by atoms with Crippen molar-refractivity contribution in [2.24, 2.45) is 12.8 Å². The highest BCUT2D eigenvalue weighted by atomic mass is 15.3. The van der Waals surface area contributed by atoms with Crippen LogP contribution in [0, 0.1) is 0 Å². The summed E-state index contributed by atoms with van der Waals surface area (Å²) in [5.41, 5.74) is 8.41. The summed E-state index contributed by atoms with van der Waals surface area (Å²) in [6.45, 7) is 3.03. The van der Waals surface area contributed by atoms with Gasteiger partial charge in [0.1, 0.15) is 0 Å². The van der Waals surface area contributed by atoms with Crippen LogP contribution in [0.4, 0.5) is 0 Å². The normalized spacial score (nSPS) is 13.5. The molecule has 0 radical (unpaired) electrons. The fourth-order valence-corrected chi connectivity index (χ4v) is 1.74.